The maximum absolute atomic E-state index is 9.92. The molecule has 0 heterocycles. The van der Waals surface area contributed by atoms with Gasteiger partial charge in [0.2, 0.25) is 0 Å². The van der Waals surface area contributed by atoms with E-state index in [0.717, 1.165) is 16.9 Å². The number of rotatable bonds is 3. The smallest absolute Gasteiger partial charge is 0.126 e. The Labute approximate surface area is 95.6 Å². The predicted molar refractivity (Wildman–Crippen MR) is 64.2 cm³/mol. The van der Waals surface area contributed by atoms with Crippen LogP contribution in [0.2, 0.25) is 0 Å². The van der Waals surface area contributed by atoms with Gasteiger partial charge in [0.1, 0.15) is 5.75 Å². The Morgan fingerprint density at radius 3 is 3.06 bits per heavy atom. The SMILES string of the molecule is C#CCC(O)C1C=Cc2c(OC)cccc21. The van der Waals surface area contributed by atoms with Gasteiger partial charge < -0.3 is 9.84 Å². The Morgan fingerprint density at radius 2 is 2.38 bits per heavy atom. The highest BCUT2D eigenvalue weighted by molar-refractivity contribution is 5.68. The fraction of sp³-hybridized carbons (Fsp3) is 0.286. The first-order chi connectivity index (χ1) is 7.77. The van der Waals surface area contributed by atoms with Crippen molar-refractivity contribution >= 4 is 6.08 Å². The number of benzene rings is 1. The number of aliphatic hydroxyl groups is 1. The molecule has 2 heteroatoms. The molecule has 0 aromatic heterocycles. The van der Waals surface area contributed by atoms with Gasteiger partial charge in [-0.3, -0.25) is 0 Å². The number of terminal acetylenes is 1. The molecule has 1 aliphatic rings. The molecule has 0 saturated carbocycles. The molecule has 0 aliphatic heterocycles. The van der Waals surface area contributed by atoms with Gasteiger partial charge in [-0.1, -0.05) is 24.3 Å². The van der Waals surface area contributed by atoms with Crippen molar-refractivity contribution in [2.45, 2.75) is 18.4 Å². The first-order valence-corrected chi connectivity index (χ1v) is 5.24. The van der Waals surface area contributed by atoms with Crippen molar-refractivity contribution in [3.8, 4) is 18.1 Å². The minimum atomic E-state index is -0.519. The summed E-state index contributed by atoms with van der Waals surface area (Å²) in [4.78, 5) is 0. The first-order valence-electron chi connectivity index (χ1n) is 5.24. The molecule has 16 heavy (non-hydrogen) atoms. The molecule has 1 aromatic rings. The van der Waals surface area contributed by atoms with Gasteiger partial charge in [-0.15, -0.1) is 12.3 Å². The number of methoxy groups -OCH3 is 1. The second kappa shape index (κ2) is 4.42. The van der Waals surface area contributed by atoms with Crippen LogP contribution in [0.1, 0.15) is 23.5 Å². The van der Waals surface area contributed by atoms with E-state index in [4.69, 9.17) is 11.2 Å². The van der Waals surface area contributed by atoms with Crippen LogP contribution in [0, 0.1) is 12.3 Å². The van der Waals surface area contributed by atoms with Crippen LogP contribution in [0.5, 0.6) is 5.75 Å². The Bertz CT molecular complexity index is 454. The number of fused-ring (bicyclic) bond motifs is 1. The number of hydrogen-bond donors (Lipinski definition) is 1. The molecule has 0 saturated heterocycles. The Balaban J connectivity index is 2.34. The van der Waals surface area contributed by atoms with Gasteiger partial charge in [0.05, 0.1) is 13.2 Å². The van der Waals surface area contributed by atoms with Crippen LogP contribution < -0.4 is 4.74 Å². The predicted octanol–water partition coefficient (Wildman–Crippen LogP) is 2.19. The molecule has 2 rings (SSSR count). The summed E-state index contributed by atoms with van der Waals surface area (Å²) in [6.07, 6.45) is 9.03. The third-order valence-corrected chi connectivity index (χ3v) is 2.89. The summed E-state index contributed by atoms with van der Waals surface area (Å²) >= 11 is 0. The van der Waals surface area contributed by atoms with Gasteiger partial charge in [0.15, 0.2) is 0 Å². The fourth-order valence-corrected chi connectivity index (χ4v) is 2.09. The Hall–Kier alpha value is -1.72. The number of aliphatic hydroxyl groups excluding tert-OH is 1. The Morgan fingerprint density at radius 1 is 1.56 bits per heavy atom. The van der Waals surface area contributed by atoms with E-state index in [0.29, 0.717) is 6.42 Å². The lowest BCUT2D eigenvalue weighted by Gasteiger charge is -2.16. The zero-order valence-electron chi connectivity index (χ0n) is 9.18. The van der Waals surface area contributed by atoms with Crippen molar-refractivity contribution < 1.29 is 9.84 Å². The maximum atomic E-state index is 9.92. The standard InChI is InChI=1S/C14H14O2/c1-3-5-13(15)11-8-9-12-10(11)6-4-7-14(12)16-2/h1,4,6-9,11,13,15H,5H2,2H3. The van der Waals surface area contributed by atoms with E-state index in [2.05, 4.69) is 5.92 Å². The average Bonchev–Trinajstić information content (AvgIpc) is 2.72. The lowest BCUT2D eigenvalue weighted by Crippen LogP contribution is -2.14. The molecular formula is C14H14O2. The molecule has 0 amide bonds. The third kappa shape index (κ3) is 1.70. The van der Waals surface area contributed by atoms with Crippen LogP contribution >= 0.6 is 0 Å². The first kappa shape index (κ1) is 10.8. The van der Waals surface area contributed by atoms with E-state index in [1.54, 1.807) is 7.11 Å². The molecule has 0 spiro atoms. The highest BCUT2D eigenvalue weighted by Crippen LogP contribution is 2.38. The molecule has 2 unspecified atom stereocenters. The maximum Gasteiger partial charge on any atom is 0.126 e. The second-order valence-electron chi connectivity index (χ2n) is 3.82. The lowest BCUT2D eigenvalue weighted by molar-refractivity contribution is 0.165. The molecule has 0 bridgehead atoms. The van der Waals surface area contributed by atoms with Crippen LogP contribution in [0.25, 0.3) is 6.08 Å². The summed E-state index contributed by atoms with van der Waals surface area (Å²) < 4.78 is 5.27. The molecule has 1 aliphatic carbocycles. The van der Waals surface area contributed by atoms with Crippen molar-refractivity contribution in [3.05, 3.63) is 35.4 Å². The summed E-state index contributed by atoms with van der Waals surface area (Å²) in [5, 5.41) is 9.92. The van der Waals surface area contributed by atoms with E-state index >= 15 is 0 Å². The largest absolute Gasteiger partial charge is 0.496 e. The topological polar surface area (TPSA) is 29.5 Å². The van der Waals surface area contributed by atoms with Crippen LogP contribution in [-0.4, -0.2) is 18.3 Å². The van der Waals surface area contributed by atoms with E-state index < -0.39 is 6.10 Å². The van der Waals surface area contributed by atoms with Gasteiger partial charge in [-0.25, -0.2) is 0 Å². The van der Waals surface area contributed by atoms with E-state index in [9.17, 15) is 5.11 Å². The molecule has 0 fully saturated rings. The van der Waals surface area contributed by atoms with Gasteiger partial charge >= 0.3 is 0 Å². The zero-order valence-corrected chi connectivity index (χ0v) is 9.18. The summed E-state index contributed by atoms with van der Waals surface area (Å²) in [7, 11) is 1.65. The monoisotopic (exact) mass is 214 g/mol. The van der Waals surface area contributed by atoms with E-state index in [1.165, 1.54) is 0 Å². The zero-order chi connectivity index (χ0) is 11.5. The van der Waals surface area contributed by atoms with Gasteiger partial charge in [0, 0.05) is 17.9 Å². The average molecular weight is 214 g/mol. The normalized spacial score (nSPS) is 18.9. The Kier molecular flexibility index (Phi) is 2.98. The molecule has 1 N–H and O–H groups in total. The lowest BCUT2D eigenvalue weighted by atomic mass is 9.93. The van der Waals surface area contributed by atoms with Crippen molar-refractivity contribution in [1.29, 1.82) is 0 Å². The molecule has 1 aromatic carbocycles. The van der Waals surface area contributed by atoms with Crippen molar-refractivity contribution in [2.75, 3.05) is 7.11 Å². The number of ether oxygens (including phenoxy) is 1. The molecule has 82 valence electrons. The van der Waals surface area contributed by atoms with Crippen molar-refractivity contribution in [2.24, 2.45) is 0 Å². The summed E-state index contributed by atoms with van der Waals surface area (Å²) in [6.45, 7) is 0. The van der Waals surface area contributed by atoms with E-state index in [1.807, 2.05) is 30.4 Å². The highest BCUT2D eigenvalue weighted by atomic mass is 16.5. The van der Waals surface area contributed by atoms with E-state index in [-0.39, 0.29) is 5.92 Å². The van der Waals surface area contributed by atoms with Crippen LogP contribution in [0.15, 0.2) is 24.3 Å². The van der Waals surface area contributed by atoms with Crippen molar-refractivity contribution in [3.63, 3.8) is 0 Å². The minimum absolute atomic E-state index is 0.0128. The highest BCUT2D eigenvalue weighted by Gasteiger charge is 2.25. The van der Waals surface area contributed by atoms with Gasteiger partial charge in [-0.05, 0) is 11.6 Å². The van der Waals surface area contributed by atoms with Gasteiger partial charge in [-0.2, -0.15) is 0 Å². The quantitative estimate of drug-likeness (QED) is 0.781. The summed E-state index contributed by atoms with van der Waals surface area (Å²) in [6, 6.07) is 5.85. The van der Waals surface area contributed by atoms with Crippen LogP contribution in [-0.2, 0) is 0 Å². The number of hydrogen-bond acceptors (Lipinski definition) is 2. The summed E-state index contributed by atoms with van der Waals surface area (Å²) in [5.74, 6) is 3.31. The van der Waals surface area contributed by atoms with Crippen molar-refractivity contribution in [1.82, 2.24) is 0 Å². The molecule has 2 nitrogen and oxygen atoms in total. The summed E-state index contributed by atoms with van der Waals surface area (Å²) in [5.41, 5.74) is 2.13. The van der Waals surface area contributed by atoms with Crippen LogP contribution in [0.4, 0.5) is 0 Å². The molecule has 0 radical (unpaired) electrons. The minimum Gasteiger partial charge on any atom is -0.496 e. The third-order valence-electron chi connectivity index (χ3n) is 2.89. The van der Waals surface area contributed by atoms with Gasteiger partial charge in [0.25, 0.3) is 0 Å². The molecular weight excluding hydrogens is 200 g/mol. The second-order valence-corrected chi connectivity index (χ2v) is 3.82. The fourth-order valence-electron chi connectivity index (χ4n) is 2.09. The van der Waals surface area contributed by atoms with Crippen LogP contribution in [0.3, 0.4) is 0 Å². The molecule has 2 atom stereocenters.